The number of sulfonamides is 1. The van der Waals surface area contributed by atoms with Gasteiger partial charge in [-0.1, -0.05) is 29.8 Å². The predicted molar refractivity (Wildman–Crippen MR) is 107 cm³/mol. The molecule has 0 aliphatic heterocycles. The second-order valence-electron chi connectivity index (χ2n) is 5.61. The lowest BCUT2D eigenvalue weighted by Gasteiger charge is -2.23. The monoisotopic (exact) mass is 417 g/mol. The third-order valence-corrected chi connectivity index (χ3v) is 5.70. The van der Waals surface area contributed by atoms with E-state index in [1.807, 2.05) is 0 Å². The van der Waals surface area contributed by atoms with Crippen LogP contribution in [0.25, 0.3) is 0 Å². The minimum atomic E-state index is -3.97. The second-order valence-corrected chi connectivity index (χ2v) is 7.91. The van der Waals surface area contributed by atoms with Crippen molar-refractivity contribution in [2.45, 2.75) is 4.90 Å². The number of carbonyl (C=O) groups is 1. The van der Waals surface area contributed by atoms with E-state index in [2.05, 4.69) is 10.5 Å². The Morgan fingerprint density at radius 2 is 1.79 bits per heavy atom. The molecule has 9 heteroatoms. The first-order chi connectivity index (χ1) is 13.5. The summed E-state index contributed by atoms with van der Waals surface area (Å²) in [6.07, 6.45) is 2.79. The molecule has 0 saturated carbocycles. The summed E-state index contributed by atoms with van der Waals surface area (Å²) in [5, 5.41) is 4.22. The van der Waals surface area contributed by atoms with E-state index in [0.29, 0.717) is 16.5 Å². The highest BCUT2D eigenvalue weighted by Gasteiger charge is 2.27. The van der Waals surface area contributed by atoms with Crippen molar-refractivity contribution in [3.05, 3.63) is 83.8 Å². The second kappa shape index (κ2) is 8.73. The summed E-state index contributed by atoms with van der Waals surface area (Å²) in [5.74, 6) is -0.163. The van der Waals surface area contributed by atoms with Gasteiger partial charge in [-0.2, -0.15) is 5.10 Å². The van der Waals surface area contributed by atoms with E-state index >= 15 is 0 Å². The summed E-state index contributed by atoms with van der Waals surface area (Å²) in [7, 11) is -3.97. The molecule has 0 radical (unpaired) electrons. The van der Waals surface area contributed by atoms with Crippen LogP contribution in [0.3, 0.4) is 0 Å². The van der Waals surface area contributed by atoms with Crippen LogP contribution in [0.4, 0.5) is 5.69 Å². The fourth-order valence-electron chi connectivity index (χ4n) is 2.34. The Labute approximate surface area is 167 Å². The molecule has 0 spiro atoms. The Bertz CT molecular complexity index is 1050. The highest BCUT2D eigenvalue weighted by Crippen LogP contribution is 2.24. The summed E-state index contributed by atoms with van der Waals surface area (Å²) in [6.45, 7) is -0.464. The molecule has 1 N–H and O–H groups in total. The number of nitrogens with zero attached hydrogens (tertiary/aromatic N) is 2. The number of carbonyl (C=O) groups excluding carboxylic acids is 1. The summed E-state index contributed by atoms with van der Waals surface area (Å²) < 4.78 is 32.2. The van der Waals surface area contributed by atoms with Gasteiger partial charge in [0.25, 0.3) is 15.9 Å². The SMILES string of the molecule is O=C(CN(c1ccc(Cl)cc1)S(=O)(=O)c1ccccc1)N/N=C\c1ccco1. The van der Waals surface area contributed by atoms with Crippen LogP contribution in [0.15, 0.2) is 87.4 Å². The maximum Gasteiger partial charge on any atom is 0.264 e. The van der Waals surface area contributed by atoms with Gasteiger partial charge in [0.2, 0.25) is 0 Å². The van der Waals surface area contributed by atoms with E-state index in [1.54, 1.807) is 42.5 Å². The van der Waals surface area contributed by atoms with Crippen molar-refractivity contribution >= 4 is 39.4 Å². The molecule has 0 bridgehead atoms. The maximum absolute atomic E-state index is 13.1. The highest BCUT2D eigenvalue weighted by molar-refractivity contribution is 7.92. The molecule has 0 saturated heterocycles. The van der Waals surface area contributed by atoms with E-state index < -0.39 is 22.5 Å². The highest BCUT2D eigenvalue weighted by atomic mass is 35.5. The molecule has 3 rings (SSSR count). The van der Waals surface area contributed by atoms with E-state index in [9.17, 15) is 13.2 Å². The number of halogens is 1. The zero-order valence-corrected chi connectivity index (χ0v) is 16.1. The average Bonchev–Trinajstić information content (AvgIpc) is 3.21. The number of anilines is 1. The minimum Gasteiger partial charge on any atom is -0.463 e. The van der Waals surface area contributed by atoms with Crippen LogP contribution in [0.5, 0.6) is 0 Å². The van der Waals surface area contributed by atoms with Crippen LogP contribution in [-0.4, -0.2) is 27.1 Å². The van der Waals surface area contributed by atoms with E-state index in [4.69, 9.17) is 16.0 Å². The van der Waals surface area contributed by atoms with Crippen molar-refractivity contribution in [3.63, 3.8) is 0 Å². The fourth-order valence-corrected chi connectivity index (χ4v) is 3.91. The van der Waals surface area contributed by atoms with Crippen LogP contribution in [0, 0.1) is 0 Å². The van der Waals surface area contributed by atoms with Crippen molar-refractivity contribution in [2.75, 3.05) is 10.8 Å². The van der Waals surface area contributed by atoms with Gasteiger partial charge in [0.15, 0.2) is 0 Å². The molecule has 28 heavy (non-hydrogen) atoms. The van der Waals surface area contributed by atoms with Gasteiger partial charge >= 0.3 is 0 Å². The average molecular weight is 418 g/mol. The number of benzene rings is 2. The molecule has 0 fully saturated rings. The first kappa shape index (κ1) is 19.7. The Balaban J connectivity index is 1.84. The van der Waals surface area contributed by atoms with Gasteiger partial charge in [-0.05, 0) is 48.5 Å². The topological polar surface area (TPSA) is 92.0 Å². The first-order valence-electron chi connectivity index (χ1n) is 8.15. The van der Waals surface area contributed by atoms with Crippen molar-refractivity contribution in [2.24, 2.45) is 5.10 Å². The maximum atomic E-state index is 13.1. The number of amides is 1. The van der Waals surface area contributed by atoms with Gasteiger partial charge in [0.05, 0.1) is 23.1 Å². The lowest BCUT2D eigenvalue weighted by Crippen LogP contribution is -2.39. The van der Waals surface area contributed by atoms with Gasteiger partial charge < -0.3 is 4.42 Å². The first-order valence-corrected chi connectivity index (χ1v) is 9.97. The molecule has 1 amide bonds. The molecule has 2 aromatic carbocycles. The standard InChI is InChI=1S/C19H16ClN3O4S/c20-15-8-10-16(11-9-15)23(28(25,26)18-6-2-1-3-7-18)14-19(24)22-21-13-17-5-4-12-27-17/h1-13H,14H2,(H,22,24)/b21-13-. The van der Waals surface area contributed by atoms with Crippen LogP contribution in [0.2, 0.25) is 5.02 Å². The van der Waals surface area contributed by atoms with Crippen LogP contribution < -0.4 is 9.73 Å². The lowest BCUT2D eigenvalue weighted by molar-refractivity contribution is -0.119. The fraction of sp³-hybridized carbons (Fsp3) is 0.0526. The third kappa shape index (κ3) is 4.79. The molecule has 3 aromatic rings. The van der Waals surface area contributed by atoms with Crippen molar-refractivity contribution < 1.29 is 17.6 Å². The zero-order chi connectivity index (χ0) is 20.0. The predicted octanol–water partition coefficient (Wildman–Crippen LogP) is 3.28. The number of hydrazone groups is 1. The van der Waals surface area contributed by atoms with Gasteiger partial charge in [0.1, 0.15) is 12.3 Å². The van der Waals surface area contributed by atoms with Crippen LogP contribution in [-0.2, 0) is 14.8 Å². The Morgan fingerprint density at radius 1 is 1.07 bits per heavy atom. The molecule has 7 nitrogen and oxygen atoms in total. The van der Waals surface area contributed by atoms with Gasteiger partial charge in [-0.3, -0.25) is 9.10 Å². The Hall–Kier alpha value is -3.10. The van der Waals surface area contributed by atoms with Gasteiger partial charge in [-0.25, -0.2) is 13.8 Å². The molecule has 1 aromatic heterocycles. The summed E-state index contributed by atoms with van der Waals surface area (Å²) in [6, 6.07) is 17.4. The number of furan rings is 1. The third-order valence-electron chi connectivity index (χ3n) is 3.66. The smallest absolute Gasteiger partial charge is 0.264 e. The largest absolute Gasteiger partial charge is 0.463 e. The van der Waals surface area contributed by atoms with Crippen LogP contribution >= 0.6 is 11.6 Å². The lowest BCUT2D eigenvalue weighted by atomic mass is 10.3. The van der Waals surface area contributed by atoms with Crippen molar-refractivity contribution in [1.82, 2.24) is 5.43 Å². The molecular weight excluding hydrogens is 402 g/mol. The number of rotatable bonds is 7. The van der Waals surface area contributed by atoms with Crippen LogP contribution in [0.1, 0.15) is 5.76 Å². The summed E-state index contributed by atoms with van der Waals surface area (Å²) in [4.78, 5) is 12.4. The summed E-state index contributed by atoms with van der Waals surface area (Å²) >= 11 is 5.90. The number of nitrogens with one attached hydrogen (secondary N) is 1. The van der Waals surface area contributed by atoms with Gasteiger partial charge in [-0.15, -0.1) is 0 Å². The Kier molecular flexibility index (Phi) is 6.13. The molecular formula is C19H16ClN3O4S. The molecule has 0 unspecified atom stereocenters. The van der Waals surface area contributed by atoms with E-state index in [1.165, 1.54) is 36.7 Å². The molecule has 0 aliphatic rings. The normalized spacial score (nSPS) is 11.5. The van der Waals surface area contributed by atoms with Gasteiger partial charge in [0, 0.05) is 5.02 Å². The molecule has 0 aliphatic carbocycles. The van der Waals surface area contributed by atoms with Crippen molar-refractivity contribution in [3.8, 4) is 0 Å². The zero-order valence-electron chi connectivity index (χ0n) is 14.5. The molecule has 1 heterocycles. The number of hydrogen-bond acceptors (Lipinski definition) is 5. The summed E-state index contributed by atoms with van der Waals surface area (Å²) in [5.41, 5.74) is 2.60. The minimum absolute atomic E-state index is 0.0665. The van der Waals surface area contributed by atoms with E-state index in [-0.39, 0.29) is 4.90 Å². The van der Waals surface area contributed by atoms with E-state index in [0.717, 1.165) is 4.31 Å². The molecule has 144 valence electrons. The molecule has 0 atom stereocenters. The quantitative estimate of drug-likeness (QED) is 0.471. The Morgan fingerprint density at radius 3 is 2.43 bits per heavy atom. The number of hydrogen-bond donors (Lipinski definition) is 1. The van der Waals surface area contributed by atoms with Crippen molar-refractivity contribution in [1.29, 1.82) is 0 Å².